The highest BCUT2D eigenvalue weighted by molar-refractivity contribution is 5.99. The number of aromatic amines is 1. The molecule has 1 unspecified atom stereocenters. The zero-order valence-electron chi connectivity index (χ0n) is 62.6. The number of carbonyl (C=O) groups excluding carboxylic acids is 11. The fourth-order valence-electron chi connectivity index (χ4n) is 11.2. The summed E-state index contributed by atoms with van der Waals surface area (Å²) < 4.78 is 0. The molecule has 37 heteroatoms. The number of nitrogens with two attached hydrogens (primary N) is 7. The molecule has 0 saturated carbocycles. The van der Waals surface area contributed by atoms with E-state index in [1.165, 1.54) is 68.0 Å². The third-order valence-electron chi connectivity index (χ3n) is 17.4. The highest BCUT2D eigenvalue weighted by Crippen LogP contribution is 2.18. The van der Waals surface area contributed by atoms with Crippen LogP contribution in [0.25, 0.3) is 0 Å². The van der Waals surface area contributed by atoms with E-state index in [1.54, 1.807) is 65.0 Å². The number of aliphatic imine (C=N–C) groups is 3. The summed E-state index contributed by atoms with van der Waals surface area (Å²) in [4.78, 5) is 177. The van der Waals surface area contributed by atoms with Crippen LogP contribution in [0.15, 0.2) is 106 Å². The number of hydrogen-bond acceptors (Lipinski definition) is 19. The van der Waals surface area contributed by atoms with E-state index in [-0.39, 0.29) is 139 Å². The Morgan fingerprint density at radius 3 is 1.15 bits per heavy atom. The standard InChI is InChI=1S/C72H111N23O14/c1-7-41(4)59(69(109)89-51(17-11-29-73)61(101)91-54(34-45-21-25-48(98)26-22-45)65(105)87-52(19-13-31-82-71(76)77)62(102)93-57(36-47-37-80-39-84-47)64(104)85-42(5)38-96)95-63(103)53(20-14-32-83-72(78)79)88-68(108)58(40(2)3)94-67(107)56(33-44-15-9-8-10-16-44)92-66(106)55(35-46-23-27-49(99)28-24-46)90-60(100)50(86-43(6)97)18-12-30-81-70(74)75/h8-10,15-16,21-28,37,39-42,50-59,96,98-99H,7,11-14,17-20,29-36,38,73H2,1-6H3,(H,80,84)(H,85,104)(H,86,97)(H,87,105)(H,88,108)(H,89,109)(H,90,100)(H,91,101)(H,92,106)(H,93,102)(H,94,107)(H,95,103)(H4,74,75,81)(H4,76,77,82)(H4,78,79,83)/t41-,42+,50-,51-,52-,53-,54-,55-,56-,57+,58+,59?/m0/s1. The first-order valence-electron chi connectivity index (χ1n) is 36.2. The molecule has 598 valence electrons. The summed E-state index contributed by atoms with van der Waals surface area (Å²) in [5, 5.41) is 59.9. The zero-order valence-corrected chi connectivity index (χ0v) is 62.6. The van der Waals surface area contributed by atoms with Crippen LogP contribution in [-0.4, -0.2) is 207 Å². The van der Waals surface area contributed by atoms with Gasteiger partial charge in [-0.1, -0.05) is 88.7 Å². The van der Waals surface area contributed by atoms with Gasteiger partial charge in [-0.2, -0.15) is 0 Å². The van der Waals surface area contributed by atoms with E-state index >= 15 is 0 Å². The van der Waals surface area contributed by atoms with Crippen molar-refractivity contribution in [2.75, 3.05) is 32.8 Å². The van der Waals surface area contributed by atoms with Gasteiger partial charge < -0.3 is 119 Å². The maximum Gasteiger partial charge on any atom is 0.243 e. The maximum absolute atomic E-state index is 14.9. The number of aromatic hydroxyl groups is 2. The molecular weight excluding hydrogens is 1410 g/mol. The van der Waals surface area contributed by atoms with Crippen molar-refractivity contribution in [3.63, 3.8) is 0 Å². The second-order valence-electron chi connectivity index (χ2n) is 26.9. The molecule has 0 saturated heterocycles. The number of benzene rings is 3. The van der Waals surface area contributed by atoms with Gasteiger partial charge in [0.25, 0.3) is 0 Å². The van der Waals surface area contributed by atoms with Gasteiger partial charge in [0.05, 0.1) is 12.9 Å². The molecule has 0 aliphatic carbocycles. The number of hydrogen-bond donors (Lipinski definition) is 22. The average molecular weight is 1520 g/mol. The fraction of sp³-hybridized carbons (Fsp3) is 0.514. The van der Waals surface area contributed by atoms with Crippen molar-refractivity contribution in [1.82, 2.24) is 68.5 Å². The number of H-pyrrole nitrogens is 1. The molecule has 0 aliphatic heterocycles. The molecule has 1 aromatic heterocycles. The number of nitrogens with zero attached hydrogens (tertiary/aromatic N) is 4. The fourth-order valence-corrected chi connectivity index (χ4v) is 11.2. The smallest absolute Gasteiger partial charge is 0.243 e. The number of imidazole rings is 1. The van der Waals surface area contributed by atoms with Crippen LogP contribution in [0.2, 0.25) is 0 Å². The van der Waals surface area contributed by atoms with Gasteiger partial charge in [-0.25, -0.2) is 4.98 Å². The predicted octanol–water partition coefficient (Wildman–Crippen LogP) is -3.94. The number of rotatable bonds is 48. The summed E-state index contributed by atoms with van der Waals surface area (Å²) in [6.07, 6.45) is 2.81. The second-order valence-corrected chi connectivity index (χ2v) is 26.9. The van der Waals surface area contributed by atoms with E-state index < -0.39 is 150 Å². The first kappa shape index (κ1) is 89.8. The number of phenols is 2. The first-order chi connectivity index (χ1) is 51.8. The normalized spacial score (nSPS) is 14.3. The number of guanidine groups is 3. The zero-order chi connectivity index (χ0) is 80.7. The second kappa shape index (κ2) is 47.1. The monoisotopic (exact) mass is 1520 g/mol. The lowest BCUT2D eigenvalue weighted by Gasteiger charge is -2.30. The van der Waals surface area contributed by atoms with E-state index in [4.69, 9.17) is 40.1 Å². The number of aliphatic hydroxyl groups excluding tert-OH is 1. The number of aromatic nitrogens is 2. The molecule has 4 rings (SSSR count). The van der Waals surface area contributed by atoms with Crippen LogP contribution in [0.1, 0.15) is 122 Å². The Kier molecular flexibility index (Phi) is 38.8. The van der Waals surface area contributed by atoms with Crippen LogP contribution in [0, 0.1) is 11.8 Å². The topological polar surface area (TPSA) is 629 Å². The van der Waals surface area contributed by atoms with Crippen molar-refractivity contribution in [3.05, 3.63) is 114 Å². The van der Waals surface area contributed by atoms with Gasteiger partial charge in [0, 0.05) is 70.2 Å². The summed E-state index contributed by atoms with van der Waals surface area (Å²) in [6.45, 7) is 9.17. The lowest BCUT2D eigenvalue weighted by molar-refractivity contribution is -0.137. The lowest BCUT2D eigenvalue weighted by atomic mass is 9.96. The van der Waals surface area contributed by atoms with Crippen LogP contribution in [-0.2, 0) is 78.4 Å². The molecule has 0 bridgehead atoms. The van der Waals surface area contributed by atoms with E-state index in [1.807, 2.05) is 0 Å². The maximum atomic E-state index is 14.9. The van der Waals surface area contributed by atoms with Gasteiger partial charge in [-0.15, -0.1) is 0 Å². The molecule has 0 spiro atoms. The molecule has 29 N–H and O–H groups in total. The molecule has 0 aliphatic rings. The minimum absolute atomic E-state index is 0.0155. The Morgan fingerprint density at radius 2 is 0.771 bits per heavy atom. The molecule has 109 heavy (non-hydrogen) atoms. The van der Waals surface area contributed by atoms with Crippen LogP contribution < -0.4 is 98.6 Å². The van der Waals surface area contributed by atoms with Crippen molar-refractivity contribution in [1.29, 1.82) is 0 Å². The molecule has 4 aromatic rings. The lowest BCUT2D eigenvalue weighted by Crippen LogP contribution is -2.62. The summed E-state index contributed by atoms with van der Waals surface area (Å²) in [6, 6.07) is 5.53. The van der Waals surface area contributed by atoms with Crippen molar-refractivity contribution in [3.8, 4) is 11.5 Å². The molecule has 11 amide bonds. The highest BCUT2D eigenvalue weighted by atomic mass is 16.3. The highest BCUT2D eigenvalue weighted by Gasteiger charge is 2.38. The summed E-state index contributed by atoms with van der Waals surface area (Å²) >= 11 is 0. The largest absolute Gasteiger partial charge is 0.508 e. The summed E-state index contributed by atoms with van der Waals surface area (Å²) in [7, 11) is 0. The molecular formula is C72H111N23O14. The van der Waals surface area contributed by atoms with Crippen molar-refractivity contribution < 1.29 is 68.1 Å². The summed E-state index contributed by atoms with van der Waals surface area (Å²) in [5.74, 6) is -11.1. The van der Waals surface area contributed by atoms with Gasteiger partial charge in [-0.3, -0.25) is 67.7 Å². The van der Waals surface area contributed by atoms with E-state index in [0.717, 1.165) is 0 Å². The minimum atomic E-state index is -1.51. The summed E-state index contributed by atoms with van der Waals surface area (Å²) in [5.41, 5.74) is 41.4. The van der Waals surface area contributed by atoms with Gasteiger partial charge in [0.2, 0.25) is 65.0 Å². The van der Waals surface area contributed by atoms with Crippen molar-refractivity contribution >= 4 is 82.9 Å². The van der Waals surface area contributed by atoms with Crippen LogP contribution in [0.4, 0.5) is 0 Å². The Morgan fingerprint density at radius 1 is 0.431 bits per heavy atom. The van der Waals surface area contributed by atoms with E-state index in [9.17, 15) is 68.1 Å². The Labute approximate surface area is 633 Å². The average Bonchev–Trinajstić information content (AvgIpc) is 1.04. The number of carbonyl (C=O) groups is 11. The Bertz CT molecular complexity index is 3670. The molecule has 0 fully saturated rings. The predicted molar refractivity (Wildman–Crippen MR) is 408 cm³/mol. The van der Waals surface area contributed by atoms with Gasteiger partial charge in [0.15, 0.2) is 17.9 Å². The van der Waals surface area contributed by atoms with Gasteiger partial charge >= 0.3 is 0 Å². The third kappa shape index (κ3) is 33.4. The van der Waals surface area contributed by atoms with E-state index in [2.05, 4.69) is 83.4 Å². The SMILES string of the molecule is CC[C@H](C)C(NC(=O)[C@H](CCCN=C(N)N)NC(=O)[C@H](NC(=O)[C@H](Cc1ccccc1)NC(=O)[C@H](Cc1ccc(O)cc1)NC(=O)[C@H](CCCN=C(N)N)NC(C)=O)C(C)C)C(=O)N[C@@H](CCCN)C(=O)N[C@@H](Cc1ccc(O)cc1)C(=O)N[C@@H](CCCN=C(N)N)C(=O)N[C@H](Cc1cnc[nH]1)C(=O)N[C@H](C)CO. The number of nitrogens with one attached hydrogen (secondary N) is 12. The van der Waals surface area contributed by atoms with Crippen molar-refractivity contribution in [2.45, 2.75) is 191 Å². The Balaban J connectivity index is 1.68. The Hall–Kier alpha value is -11.6. The molecule has 12 atom stereocenters. The first-order valence-corrected chi connectivity index (χ1v) is 36.2. The molecule has 37 nitrogen and oxygen atoms in total. The van der Waals surface area contributed by atoms with E-state index in [0.29, 0.717) is 22.4 Å². The van der Waals surface area contributed by atoms with Crippen LogP contribution in [0.5, 0.6) is 11.5 Å². The van der Waals surface area contributed by atoms with Gasteiger partial charge in [-0.05, 0) is 118 Å². The quantitative estimate of drug-likeness (QED) is 0.0114. The molecule has 3 aromatic carbocycles. The molecule has 1 heterocycles. The van der Waals surface area contributed by atoms with Crippen LogP contribution in [0.3, 0.4) is 0 Å². The van der Waals surface area contributed by atoms with Crippen LogP contribution >= 0.6 is 0 Å². The third-order valence-corrected chi connectivity index (χ3v) is 17.4. The number of aliphatic hydroxyl groups is 1. The van der Waals surface area contributed by atoms with Gasteiger partial charge in [0.1, 0.15) is 71.9 Å². The van der Waals surface area contributed by atoms with Crippen molar-refractivity contribution in [2.24, 2.45) is 66.9 Å². The molecule has 0 radical (unpaired) electrons. The number of phenolic OH excluding ortho intramolecular Hbond substituents is 2. The number of amides is 11. The minimum Gasteiger partial charge on any atom is -0.508 e.